The first-order valence-electron chi connectivity index (χ1n) is 5.70. The number of hydrogen-bond acceptors (Lipinski definition) is 4. The van der Waals surface area contributed by atoms with Crippen LogP contribution < -0.4 is 0 Å². The van der Waals surface area contributed by atoms with Crippen LogP contribution in [0.25, 0.3) is 0 Å². The summed E-state index contributed by atoms with van der Waals surface area (Å²) in [6.45, 7) is 1.63. The first kappa shape index (κ1) is 16.8. The number of rotatable bonds is 6. The summed E-state index contributed by atoms with van der Waals surface area (Å²) >= 11 is 7.55. The van der Waals surface area contributed by atoms with Crippen LogP contribution in [0.3, 0.4) is 0 Å². The molecule has 0 saturated heterocycles. The highest BCUT2D eigenvalue weighted by atomic mass is 35.5. The fourth-order valence-corrected chi connectivity index (χ4v) is 4.27. The van der Waals surface area contributed by atoms with Crippen LogP contribution in [0.15, 0.2) is 23.1 Å². The lowest BCUT2D eigenvalue weighted by Gasteiger charge is -2.24. The van der Waals surface area contributed by atoms with Crippen molar-refractivity contribution in [2.45, 2.75) is 24.5 Å². The van der Waals surface area contributed by atoms with E-state index >= 15 is 0 Å². The second-order valence-electron chi connectivity index (χ2n) is 4.25. The van der Waals surface area contributed by atoms with Gasteiger partial charge in [-0.2, -0.15) is 16.1 Å². The minimum Gasteiger partial charge on any atom is -0.392 e. The van der Waals surface area contributed by atoms with Gasteiger partial charge in [-0.1, -0.05) is 17.7 Å². The molecule has 7 heteroatoms. The molecule has 0 saturated carbocycles. The van der Waals surface area contributed by atoms with E-state index in [-0.39, 0.29) is 22.6 Å². The molecule has 1 N–H and O–H groups in total. The summed E-state index contributed by atoms with van der Waals surface area (Å²) < 4.78 is 26.3. The molecule has 1 aromatic carbocycles. The van der Waals surface area contributed by atoms with Crippen molar-refractivity contribution in [3.8, 4) is 0 Å². The maximum Gasteiger partial charge on any atom is 0.244 e. The summed E-state index contributed by atoms with van der Waals surface area (Å²) in [4.78, 5) is 0.0381. The van der Waals surface area contributed by atoms with Crippen molar-refractivity contribution in [2.24, 2.45) is 0 Å². The molecule has 0 amide bonds. The number of sulfonamides is 1. The van der Waals surface area contributed by atoms with Gasteiger partial charge in [-0.05, 0) is 30.9 Å². The van der Waals surface area contributed by atoms with E-state index in [1.54, 1.807) is 17.8 Å². The maximum atomic E-state index is 12.5. The molecule has 0 bridgehead atoms. The van der Waals surface area contributed by atoms with Crippen molar-refractivity contribution < 1.29 is 13.5 Å². The number of aliphatic hydroxyl groups excluding tert-OH is 1. The molecule has 1 unspecified atom stereocenters. The SMILES string of the molecule is CSCC(C)N(C)S(=O)(=O)c1cc(CO)ccc1Cl. The van der Waals surface area contributed by atoms with Crippen molar-refractivity contribution in [2.75, 3.05) is 19.1 Å². The van der Waals surface area contributed by atoms with E-state index < -0.39 is 10.0 Å². The van der Waals surface area contributed by atoms with Crippen LogP contribution in [-0.2, 0) is 16.6 Å². The molecule has 0 aromatic heterocycles. The van der Waals surface area contributed by atoms with Gasteiger partial charge in [0.2, 0.25) is 10.0 Å². The van der Waals surface area contributed by atoms with Crippen LogP contribution in [0.5, 0.6) is 0 Å². The normalized spacial score (nSPS) is 13.8. The van der Waals surface area contributed by atoms with Gasteiger partial charge in [-0.3, -0.25) is 0 Å². The molecule has 0 radical (unpaired) electrons. The lowest BCUT2D eigenvalue weighted by atomic mass is 10.2. The average Bonchev–Trinajstić information content (AvgIpc) is 2.38. The van der Waals surface area contributed by atoms with Crippen LogP contribution in [0.1, 0.15) is 12.5 Å². The molecule has 4 nitrogen and oxygen atoms in total. The Balaban J connectivity index is 3.19. The van der Waals surface area contributed by atoms with E-state index in [0.29, 0.717) is 11.3 Å². The summed E-state index contributed by atoms with van der Waals surface area (Å²) in [6, 6.07) is 4.38. The molecular weight excluding hydrogens is 306 g/mol. The van der Waals surface area contributed by atoms with E-state index in [4.69, 9.17) is 16.7 Å². The van der Waals surface area contributed by atoms with Crippen LogP contribution in [0, 0.1) is 0 Å². The van der Waals surface area contributed by atoms with E-state index in [1.807, 2.05) is 13.2 Å². The predicted molar refractivity (Wildman–Crippen MR) is 80.2 cm³/mol. The fraction of sp³-hybridized carbons (Fsp3) is 0.500. The molecular formula is C12H18ClNO3S2. The Morgan fingerprint density at radius 3 is 2.63 bits per heavy atom. The Bertz CT molecular complexity index is 534. The van der Waals surface area contributed by atoms with Gasteiger partial charge in [-0.25, -0.2) is 8.42 Å². The van der Waals surface area contributed by atoms with Gasteiger partial charge in [0.15, 0.2) is 0 Å². The minimum absolute atomic E-state index is 0.0381. The van der Waals surface area contributed by atoms with Crippen LogP contribution in [0.2, 0.25) is 5.02 Å². The number of nitrogens with zero attached hydrogens (tertiary/aromatic N) is 1. The first-order valence-corrected chi connectivity index (χ1v) is 8.92. The lowest BCUT2D eigenvalue weighted by Crippen LogP contribution is -2.36. The van der Waals surface area contributed by atoms with Gasteiger partial charge in [0.05, 0.1) is 11.6 Å². The van der Waals surface area contributed by atoms with E-state index in [2.05, 4.69) is 0 Å². The van der Waals surface area contributed by atoms with Crippen LogP contribution >= 0.6 is 23.4 Å². The number of halogens is 1. The third-order valence-corrected chi connectivity index (χ3v) is 6.13. The number of benzene rings is 1. The van der Waals surface area contributed by atoms with Gasteiger partial charge in [-0.15, -0.1) is 0 Å². The molecule has 0 spiro atoms. The minimum atomic E-state index is -3.65. The monoisotopic (exact) mass is 323 g/mol. The summed E-state index contributed by atoms with van der Waals surface area (Å²) in [5, 5.41) is 9.26. The third kappa shape index (κ3) is 3.86. The highest BCUT2D eigenvalue weighted by molar-refractivity contribution is 7.98. The number of hydrogen-bond donors (Lipinski definition) is 1. The standard InChI is InChI=1S/C12H18ClNO3S2/c1-9(8-18-3)14(2)19(16,17)12-6-10(7-15)4-5-11(12)13/h4-6,9,15H,7-8H2,1-3H3. The van der Waals surface area contributed by atoms with Crippen molar-refractivity contribution >= 4 is 33.4 Å². The largest absolute Gasteiger partial charge is 0.392 e. The fourth-order valence-electron chi connectivity index (χ4n) is 1.58. The van der Waals surface area contributed by atoms with E-state index in [0.717, 1.165) is 0 Å². The zero-order valence-electron chi connectivity index (χ0n) is 11.1. The molecule has 0 fully saturated rings. The van der Waals surface area contributed by atoms with Crippen molar-refractivity contribution in [3.05, 3.63) is 28.8 Å². The third-order valence-electron chi connectivity index (χ3n) is 2.86. The Morgan fingerprint density at radius 2 is 2.11 bits per heavy atom. The van der Waals surface area contributed by atoms with E-state index in [9.17, 15) is 8.42 Å². The quantitative estimate of drug-likeness (QED) is 0.872. The molecule has 0 aliphatic rings. The van der Waals surface area contributed by atoms with Crippen LogP contribution in [-0.4, -0.2) is 42.9 Å². The smallest absolute Gasteiger partial charge is 0.244 e. The zero-order valence-corrected chi connectivity index (χ0v) is 13.5. The summed E-state index contributed by atoms with van der Waals surface area (Å²) in [5.74, 6) is 0.701. The van der Waals surface area contributed by atoms with Crippen molar-refractivity contribution in [1.82, 2.24) is 4.31 Å². The Kier molecular flexibility index (Phi) is 6.14. The Labute approximate surface area is 123 Å². The maximum absolute atomic E-state index is 12.5. The van der Waals surface area contributed by atoms with Gasteiger partial charge < -0.3 is 5.11 Å². The molecule has 1 rings (SSSR count). The summed E-state index contributed by atoms with van der Waals surface area (Å²) in [7, 11) is -2.11. The lowest BCUT2D eigenvalue weighted by molar-refractivity contribution is 0.281. The summed E-state index contributed by atoms with van der Waals surface area (Å²) in [5.41, 5.74) is 0.522. The molecule has 19 heavy (non-hydrogen) atoms. The molecule has 1 aromatic rings. The van der Waals surface area contributed by atoms with Crippen molar-refractivity contribution in [3.63, 3.8) is 0 Å². The van der Waals surface area contributed by atoms with Gasteiger partial charge in [0, 0.05) is 18.8 Å². The molecule has 108 valence electrons. The first-order chi connectivity index (χ1) is 8.84. The molecule has 0 aliphatic carbocycles. The van der Waals surface area contributed by atoms with Crippen molar-refractivity contribution in [1.29, 1.82) is 0 Å². The highest BCUT2D eigenvalue weighted by Gasteiger charge is 2.27. The van der Waals surface area contributed by atoms with Gasteiger partial charge in [0.25, 0.3) is 0 Å². The van der Waals surface area contributed by atoms with Gasteiger partial charge >= 0.3 is 0 Å². The zero-order chi connectivity index (χ0) is 14.6. The average molecular weight is 324 g/mol. The predicted octanol–water partition coefficient (Wildman–Crippen LogP) is 2.20. The Morgan fingerprint density at radius 1 is 1.47 bits per heavy atom. The molecule has 0 heterocycles. The second kappa shape index (κ2) is 6.95. The second-order valence-corrected chi connectivity index (χ2v) is 7.53. The number of thioether (sulfide) groups is 1. The number of aliphatic hydroxyl groups is 1. The summed E-state index contributed by atoms with van der Waals surface area (Å²) in [6.07, 6.45) is 1.93. The van der Waals surface area contributed by atoms with E-state index in [1.165, 1.54) is 23.5 Å². The highest BCUT2D eigenvalue weighted by Crippen LogP contribution is 2.26. The van der Waals surface area contributed by atoms with Crippen LogP contribution in [0.4, 0.5) is 0 Å². The van der Waals surface area contributed by atoms with Gasteiger partial charge in [0.1, 0.15) is 4.90 Å². The Hall–Kier alpha value is -0.270. The molecule has 1 atom stereocenters. The topological polar surface area (TPSA) is 57.6 Å². The molecule has 0 aliphatic heterocycles.